The molecule has 0 radical (unpaired) electrons. The molecule has 0 amide bonds. The van der Waals surface area contributed by atoms with Gasteiger partial charge in [0, 0.05) is 6.42 Å². The average Bonchev–Trinajstić information content (AvgIpc) is 2.16. The van der Waals surface area contributed by atoms with Crippen LogP contribution in [-0.2, 0) is 6.42 Å². The Morgan fingerprint density at radius 2 is 1.81 bits per heavy atom. The minimum Gasteiger partial charge on any atom is -0.497 e. The topological polar surface area (TPSA) is 29.5 Å². The van der Waals surface area contributed by atoms with Crippen molar-refractivity contribution < 1.29 is 18.6 Å². The largest absolute Gasteiger partial charge is 0.497 e. The minimum atomic E-state index is -3.32. The highest BCUT2D eigenvalue weighted by atomic mass is 79.9. The molecule has 1 rings (SSSR count). The number of methoxy groups -OCH3 is 1. The molecule has 1 aromatic carbocycles. The minimum absolute atomic E-state index is 0.144. The van der Waals surface area contributed by atoms with Gasteiger partial charge in [-0.05, 0) is 40.5 Å². The van der Waals surface area contributed by atoms with Gasteiger partial charge in [-0.15, -0.1) is 0 Å². The smallest absolute Gasteiger partial charge is 0.329 e. The molecule has 0 aliphatic heterocycles. The third kappa shape index (κ3) is 3.15. The Bertz CT molecular complexity index is 344. The van der Waals surface area contributed by atoms with Gasteiger partial charge in [0.05, 0.1) is 7.11 Å². The van der Waals surface area contributed by atoms with Crippen LogP contribution in [0.25, 0.3) is 0 Å². The quantitative estimate of drug-likeness (QED) is 0.865. The van der Waals surface area contributed by atoms with Crippen LogP contribution >= 0.6 is 15.9 Å². The summed E-state index contributed by atoms with van der Waals surface area (Å²) >= 11 is 2.18. The highest BCUT2D eigenvalue weighted by Gasteiger charge is 2.46. The lowest BCUT2D eigenvalue weighted by Crippen LogP contribution is -2.42. The highest BCUT2D eigenvalue weighted by Crippen LogP contribution is 2.37. The maximum atomic E-state index is 13.0. The molecule has 16 heavy (non-hydrogen) atoms. The number of halogens is 3. The monoisotopic (exact) mass is 294 g/mol. The molecular formula is C11H13BrF2O2. The Kier molecular flexibility index (Phi) is 3.91. The van der Waals surface area contributed by atoms with Crippen LogP contribution in [-0.4, -0.2) is 22.6 Å². The van der Waals surface area contributed by atoms with E-state index in [-0.39, 0.29) is 6.42 Å². The average molecular weight is 295 g/mol. The van der Waals surface area contributed by atoms with E-state index in [1.807, 2.05) is 0 Å². The fourth-order valence-corrected chi connectivity index (χ4v) is 1.38. The van der Waals surface area contributed by atoms with E-state index >= 15 is 0 Å². The normalized spacial score (nSPS) is 15.6. The SMILES string of the molecule is COc1ccc(CC(C)(O)C(F)(F)Br)cc1. The lowest BCUT2D eigenvalue weighted by atomic mass is 9.97. The van der Waals surface area contributed by atoms with Crippen molar-refractivity contribution >= 4 is 15.9 Å². The first-order valence-corrected chi connectivity index (χ1v) is 5.47. The zero-order valence-corrected chi connectivity index (χ0v) is 10.6. The van der Waals surface area contributed by atoms with Crippen LogP contribution in [0.2, 0.25) is 0 Å². The maximum Gasteiger partial charge on any atom is 0.329 e. The second-order valence-electron chi connectivity index (χ2n) is 3.80. The first-order chi connectivity index (χ1) is 7.26. The molecule has 1 atom stereocenters. The number of hydrogen-bond donors (Lipinski definition) is 1. The second-order valence-corrected chi connectivity index (χ2v) is 4.79. The summed E-state index contributed by atoms with van der Waals surface area (Å²) in [7, 11) is 1.53. The zero-order valence-electron chi connectivity index (χ0n) is 9.01. The Hall–Kier alpha value is -0.680. The van der Waals surface area contributed by atoms with E-state index in [4.69, 9.17) is 4.74 Å². The number of hydrogen-bond acceptors (Lipinski definition) is 2. The van der Waals surface area contributed by atoms with Crippen molar-refractivity contribution in [3.8, 4) is 5.75 Å². The third-order valence-corrected chi connectivity index (χ3v) is 3.17. The van der Waals surface area contributed by atoms with Gasteiger partial charge in [-0.1, -0.05) is 12.1 Å². The predicted molar refractivity (Wildman–Crippen MR) is 61.2 cm³/mol. The van der Waals surface area contributed by atoms with Crippen LogP contribution in [0.15, 0.2) is 24.3 Å². The van der Waals surface area contributed by atoms with Crippen molar-refractivity contribution in [2.75, 3.05) is 7.11 Å². The number of benzene rings is 1. The number of rotatable bonds is 4. The fraction of sp³-hybridized carbons (Fsp3) is 0.455. The molecule has 0 bridgehead atoms. The number of aliphatic hydroxyl groups is 1. The summed E-state index contributed by atoms with van der Waals surface area (Å²) in [6.07, 6.45) is -0.144. The zero-order chi connectivity index (χ0) is 12.4. The predicted octanol–water partition coefficient (Wildman–Crippen LogP) is 2.98. The molecule has 0 fully saturated rings. The highest BCUT2D eigenvalue weighted by molar-refractivity contribution is 9.10. The lowest BCUT2D eigenvalue weighted by Gasteiger charge is -2.28. The fourth-order valence-electron chi connectivity index (χ4n) is 1.24. The van der Waals surface area contributed by atoms with Crippen molar-refractivity contribution in [1.82, 2.24) is 0 Å². The third-order valence-electron chi connectivity index (χ3n) is 2.32. The maximum absolute atomic E-state index is 13.0. The molecule has 90 valence electrons. The molecule has 0 aliphatic rings. The Balaban J connectivity index is 2.80. The van der Waals surface area contributed by atoms with E-state index in [1.54, 1.807) is 24.3 Å². The summed E-state index contributed by atoms with van der Waals surface area (Å²) in [5.41, 5.74) is -1.51. The molecule has 0 saturated heterocycles. The van der Waals surface area contributed by atoms with E-state index < -0.39 is 10.4 Å². The van der Waals surface area contributed by atoms with Gasteiger partial charge in [0.1, 0.15) is 11.4 Å². The molecular weight excluding hydrogens is 282 g/mol. The first kappa shape index (κ1) is 13.4. The van der Waals surface area contributed by atoms with Crippen LogP contribution in [0.4, 0.5) is 8.78 Å². The molecule has 1 N–H and O–H groups in total. The number of ether oxygens (including phenoxy) is 1. The Labute approximate surface area is 101 Å². The van der Waals surface area contributed by atoms with Crippen LogP contribution < -0.4 is 4.74 Å². The molecule has 0 saturated carbocycles. The Morgan fingerprint density at radius 3 is 2.19 bits per heavy atom. The van der Waals surface area contributed by atoms with Crippen molar-refractivity contribution in [3.05, 3.63) is 29.8 Å². The molecule has 0 spiro atoms. The van der Waals surface area contributed by atoms with Crippen LogP contribution in [0.1, 0.15) is 12.5 Å². The summed E-state index contributed by atoms with van der Waals surface area (Å²) in [5.74, 6) is 0.647. The number of alkyl halides is 3. The lowest BCUT2D eigenvalue weighted by molar-refractivity contribution is -0.102. The van der Waals surface area contributed by atoms with Gasteiger partial charge in [0.15, 0.2) is 0 Å². The van der Waals surface area contributed by atoms with E-state index in [1.165, 1.54) is 7.11 Å². The summed E-state index contributed by atoms with van der Waals surface area (Å²) in [6.45, 7) is 1.09. The van der Waals surface area contributed by atoms with Gasteiger partial charge in [-0.25, -0.2) is 0 Å². The van der Waals surface area contributed by atoms with E-state index in [9.17, 15) is 13.9 Å². The molecule has 5 heteroatoms. The van der Waals surface area contributed by atoms with Crippen LogP contribution in [0.3, 0.4) is 0 Å². The van der Waals surface area contributed by atoms with Crippen molar-refractivity contribution in [3.63, 3.8) is 0 Å². The van der Waals surface area contributed by atoms with Gasteiger partial charge in [0.25, 0.3) is 0 Å². The molecule has 0 aliphatic carbocycles. The standard InChI is InChI=1S/C11H13BrF2O2/c1-10(15,11(12,13)14)7-8-3-5-9(16-2)6-4-8/h3-6,15H,7H2,1-2H3. The van der Waals surface area contributed by atoms with Crippen LogP contribution in [0, 0.1) is 0 Å². The van der Waals surface area contributed by atoms with E-state index in [0.717, 1.165) is 6.92 Å². The molecule has 0 aromatic heterocycles. The van der Waals surface area contributed by atoms with Gasteiger partial charge < -0.3 is 9.84 Å². The molecule has 1 aromatic rings. The van der Waals surface area contributed by atoms with Crippen molar-refractivity contribution in [2.45, 2.75) is 23.8 Å². The van der Waals surface area contributed by atoms with Gasteiger partial charge in [-0.3, -0.25) is 0 Å². The van der Waals surface area contributed by atoms with Gasteiger partial charge >= 0.3 is 4.83 Å². The summed E-state index contributed by atoms with van der Waals surface area (Å²) in [5, 5.41) is 9.60. The van der Waals surface area contributed by atoms with Crippen molar-refractivity contribution in [1.29, 1.82) is 0 Å². The molecule has 0 heterocycles. The summed E-state index contributed by atoms with van der Waals surface area (Å²) in [6, 6.07) is 6.62. The summed E-state index contributed by atoms with van der Waals surface area (Å²) in [4.78, 5) is -3.32. The molecule has 1 unspecified atom stereocenters. The second kappa shape index (κ2) is 4.67. The van der Waals surface area contributed by atoms with E-state index in [2.05, 4.69) is 15.9 Å². The molecule has 2 nitrogen and oxygen atoms in total. The van der Waals surface area contributed by atoms with Gasteiger partial charge in [-0.2, -0.15) is 8.78 Å². The van der Waals surface area contributed by atoms with Gasteiger partial charge in [0.2, 0.25) is 0 Å². The van der Waals surface area contributed by atoms with Crippen molar-refractivity contribution in [2.24, 2.45) is 0 Å². The summed E-state index contributed by atoms with van der Waals surface area (Å²) < 4.78 is 30.9. The first-order valence-electron chi connectivity index (χ1n) is 4.68. The Morgan fingerprint density at radius 1 is 1.31 bits per heavy atom. The van der Waals surface area contributed by atoms with E-state index in [0.29, 0.717) is 11.3 Å². The van der Waals surface area contributed by atoms with Crippen LogP contribution in [0.5, 0.6) is 5.75 Å².